The highest BCUT2D eigenvalue weighted by atomic mass is 35.5. The minimum Gasteiger partial charge on any atom is -0.380 e. The maximum absolute atomic E-state index is 11.8. The van der Waals surface area contributed by atoms with E-state index in [-0.39, 0.29) is 21.6 Å². The molecule has 0 radical (unpaired) electrons. The third-order valence-electron chi connectivity index (χ3n) is 2.60. The smallest absolute Gasteiger partial charge is 0.251 e. The van der Waals surface area contributed by atoms with Gasteiger partial charge < -0.3 is 10.1 Å². The molecule has 6 heteroatoms. The van der Waals surface area contributed by atoms with Gasteiger partial charge in [0.05, 0.1) is 13.2 Å². The standard InChI is InChI=1S/C11H12Cl2N2O2/c1-11(5-17-6-11)4-14-10(16)7-2-8(12)15-9(13)3-7/h2-3H,4-6H2,1H3,(H,14,16). The van der Waals surface area contributed by atoms with Crippen molar-refractivity contribution in [1.29, 1.82) is 0 Å². The number of nitrogens with zero attached hydrogens (tertiary/aromatic N) is 1. The zero-order valence-electron chi connectivity index (χ0n) is 9.30. The van der Waals surface area contributed by atoms with Crippen LogP contribution in [-0.2, 0) is 4.74 Å². The molecule has 2 rings (SSSR count). The number of hydrogen-bond acceptors (Lipinski definition) is 3. The van der Waals surface area contributed by atoms with Crippen molar-refractivity contribution in [3.63, 3.8) is 0 Å². The van der Waals surface area contributed by atoms with E-state index in [9.17, 15) is 4.79 Å². The zero-order valence-corrected chi connectivity index (χ0v) is 10.8. The van der Waals surface area contributed by atoms with Gasteiger partial charge in [-0.2, -0.15) is 0 Å². The van der Waals surface area contributed by atoms with Gasteiger partial charge in [-0.05, 0) is 12.1 Å². The molecule has 1 fully saturated rings. The second-order valence-electron chi connectivity index (χ2n) is 4.49. The minimum atomic E-state index is -0.204. The summed E-state index contributed by atoms with van der Waals surface area (Å²) in [5, 5.41) is 3.25. The van der Waals surface area contributed by atoms with Crippen molar-refractivity contribution in [2.24, 2.45) is 5.41 Å². The molecule has 0 bridgehead atoms. The summed E-state index contributed by atoms with van der Waals surface area (Å²) in [4.78, 5) is 15.6. The first-order chi connectivity index (χ1) is 7.98. The number of ether oxygens (including phenoxy) is 1. The number of nitrogens with one attached hydrogen (secondary N) is 1. The minimum absolute atomic E-state index is 0.0380. The van der Waals surface area contributed by atoms with Gasteiger partial charge in [-0.15, -0.1) is 0 Å². The molecule has 2 heterocycles. The highest BCUT2D eigenvalue weighted by Crippen LogP contribution is 2.25. The highest BCUT2D eigenvalue weighted by Gasteiger charge is 2.33. The summed E-state index contributed by atoms with van der Waals surface area (Å²) in [5.41, 5.74) is 0.454. The third kappa shape index (κ3) is 3.09. The molecule has 92 valence electrons. The van der Waals surface area contributed by atoms with E-state index in [1.165, 1.54) is 12.1 Å². The largest absolute Gasteiger partial charge is 0.380 e. The van der Waals surface area contributed by atoms with E-state index in [0.29, 0.717) is 25.3 Å². The van der Waals surface area contributed by atoms with Gasteiger partial charge in [0.1, 0.15) is 10.3 Å². The summed E-state index contributed by atoms with van der Waals surface area (Å²) in [6.45, 7) is 3.98. The molecule has 0 aliphatic carbocycles. The summed E-state index contributed by atoms with van der Waals surface area (Å²) in [7, 11) is 0. The van der Waals surface area contributed by atoms with Crippen LogP contribution in [-0.4, -0.2) is 30.6 Å². The SMILES string of the molecule is CC1(CNC(=O)c2cc(Cl)nc(Cl)c2)COC1. The van der Waals surface area contributed by atoms with E-state index >= 15 is 0 Å². The predicted molar refractivity (Wildman–Crippen MR) is 65.5 cm³/mol. The number of carbonyl (C=O) groups excluding carboxylic acids is 1. The van der Waals surface area contributed by atoms with Crippen LogP contribution in [0.15, 0.2) is 12.1 Å². The fourth-order valence-electron chi connectivity index (χ4n) is 1.54. The Labute approximate surface area is 109 Å². The molecule has 0 saturated carbocycles. The molecule has 1 aromatic rings. The van der Waals surface area contributed by atoms with Crippen molar-refractivity contribution in [3.8, 4) is 0 Å². The number of pyridine rings is 1. The third-order valence-corrected chi connectivity index (χ3v) is 2.99. The van der Waals surface area contributed by atoms with Crippen LogP contribution in [0.2, 0.25) is 10.3 Å². The summed E-state index contributed by atoms with van der Waals surface area (Å²) in [5.74, 6) is -0.204. The van der Waals surface area contributed by atoms with E-state index in [1.54, 1.807) is 0 Å². The van der Waals surface area contributed by atoms with E-state index in [2.05, 4.69) is 17.2 Å². The first kappa shape index (κ1) is 12.6. The second kappa shape index (κ2) is 4.80. The van der Waals surface area contributed by atoms with Crippen molar-refractivity contribution >= 4 is 29.1 Å². The number of carbonyl (C=O) groups is 1. The Morgan fingerprint density at radius 1 is 1.47 bits per heavy atom. The molecule has 1 aliphatic rings. The van der Waals surface area contributed by atoms with Crippen molar-refractivity contribution in [2.75, 3.05) is 19.8 Å². The number of amides is 1. The molecule has 0 unspecified atom stereocenters. The molecule has 0 spiro atoms. The molecule has 1 aliphatic heterocycles. The van der Waals surface area contributed by atoms with Gasteiger partial charge in [-0.1, -0.05) is 30.1 Å². The lowest BCUT2D eigenvalue weighted by Gasteiger charge is -2.38. The summed E-state index contributed by atoms with van der Waals surface area (Å²) < 4.78 is 5.11. The Kier molecular flexibility index (Phi) is 3.56. The number of rotatable bonds is 3. The molecule has 0 atom stereocenters. The monoisotopic (exact) mass is 274 g/mol. The molecular formula is C11H12Cl2N2O2. The average Bonchev–Trinajstić information content (AvgIpc) is 2.22. The normalized spacial score (nSPS) is 17.4. The Hall–Kier alpha value is -0.840. The van der Waals surface area contributed by atoms with Crippen molar-refractivity contribution in [3.05, 3.63) is 28.0 Å². The van der Waals surface area contributed by atoms with Crippen LogP contribution < -0.4 is 5.32 Å². The summed E-state index contributed by atoms with van der Waals surface area (Å²) >= 11 is 11.5. The Balaban J connectivity index is 1.99. The zero-order chi connectivity index (χ0) is 12.5. The molecule has 1 amide bonds. The molecule has 1 aromatic heterocycles. The Bertz CT molecular complexity index is 427. The van der Waals surface area contributed by atoms with Crippen LogP contribution in [0.4, 0.5) is 0 Å². The number of aromatic nitrogens is 1. The number of halogens is 2. The van der Waals surface area contributed by atoms with Gasteiger partial charge in [0.2, 0.25) is 0 Å². The van der Waals surface area contributed by atoms with Gasteiger partial charge in [-0.3, -0.25) is 4.79 Å². The van der Waals surface area contributed by atoms with Gasteiger partial charge in [0, 0.05) is 17.5 Å². The van der Waals surface area contributed by atoms with Gasteiger partial charge in [0.15, 0.2) is 0 Å². The lowest BCUT2D eigenvalue weighted by Crippen LogP contribution is -2.48. The lowest BCUT2D eigenvalue weighted by atomic mass is 9.89. The Morgan fingerprint density at radius 2 is 2.06 bits per heavy atom. The fourth-order valence-corrected chi connectivity index (χ4v) is 2.00. The van der Waals surface area contributed by atoms with Gasteiger partial charge in [0.25, 0.3) is 5.91 Å². The Morgan fingerprint density at radius 3 is 2.53 bits per heavy atom. The van der Waals surface area contributed by atoms with Crippen LogP contribution in [0.25, 0.3) is 0 Å². The van der Waals surface area contributed by atoms with E-state index in [1.807, 2.05) is 0 Å². The van der Waals surface area contributed by atoms with E-state index in [4.69, 9.17) is 27.9 Å². The molecule has 1 saturated heterocycles. The molecular weight excluding hydrogens is 263 g/mol. The highest BCUT2D eigenvalue weighted by molar-refractivity contribution is 6.33. The molecule has 1 N–H and O–H groups in total. The maximum Gasteiger partial charge on any atom is 0.251 e. The van der Waals surface area contributed by atoms with Crippen LogP contribution >= 0.6 is 23.2 Å². The van der Waals surface area contributed by atoms with Crippen LogP contribution in [0.5, 0.6) is 0 Å². The van der Waals surface area contributed by atoms with Crippen LogP contribution in [0, 0.1) is 5.41 Å². The second-order valence-corrected chi connectivity index (χ2v) is 5.26. The molecule has 0 aromatic carbocycles. The first-order valence-corrected chi connectivity index (χ1v) is 5.93. The summed E-state index contributed by atoms with van der Waals surface area (Å²) in [6, 6.07) is 2.98. The van der Waals surface area contributed by atoms with Crippen LogP contribution in [0.3, 0.4) is 0 Å². The lowest BCUT2D eigenvalue weighted by molar-refractivity contribution is -0.0978. The quantitative estimate of drug-likeness (QED) is 0.860. The van der Waals surface area contributed by atoms with Crippen molar-refractivity contribution in [2.45, 2.75) is 6.92 Å². The predicted octanol–water partition coefficient (Wildman–Crippen LogP) is 2.15. The average molecular weight is 275 g/mol. The van der Waals surface area contributed by atoms with E-state index < -0.39 is 0 Å². The molecule has 4 nitrogen and oxygen atoms in total. The van der Waals surface area contributed by atoms with E-state index in [0.717, 1.165) is 0 Å². The number of hydrogen-bond donors (Lipinski definition) is 1. The van der Waals surface area contributed by atoms with Crippen LogP contribution in [0.1, 0.15) is 17.3 Å². The van der Waals surface area contributed by atoms with Gasteiger partial charge >= 0.3 is 0 Å². The van der Waals surface area contributed by atoms with Crippen molar-refractivity contribution in [1.82, 2.24) is 10.3 Å². The topological polar surface area (TPSA) is 51.2 Å². The first-order valence-electron chi connectivity index (χ1n) is 5.18. The van der Waals surface area contributed by atoms with Crippen molar-refractivity contribution < 1.29 is 9.53 Å². The maximum atomic E-state index is 11.8. The summed E-state index contributed by atoms with van der Waals surface area (Å²) in [6.07, 6.45) is 0. The fraction of sp³-hybridized carbons (Fsp3) is 0.455. The molecule has 17 heavy (non-hydrogen) atoms. The van der Waals surface area contributed by atoms with Gasteiger partial charge in [-0.25, -0.2) is 4.98 Å².